The largest absolute Gasteiger partial charge is 0.379 e. The zero-order valence-electron chi connectivity index (χ0n) is 9.19. The lowest BCUT2D eigenvalue weighted by molar-refractivity contribution is 0.158. The molecule has 1 unspecified atom stereocenters. The van der Waals surface area contributed by atoms with Crippen LogP contribution in [0.1, 0.15) is 17.7 Å². The van der Waals surface area contributed by atoms with Crippen molar-refractivity contribution in [3.8, 4) is 0 Å². The molecule has 0 saturated carbocycles. The van der Waals surface area contributed by atoms with Crippen molar-refractivity contribution in [2.75, 3.05) is 25.5 Å². The van der Waals surface area contributed by atoms with Crippen molar-refractivity contribution in [1.82, 2.24) is 0 Å². The van der Waals surface area contributed by atoms with Crippen molar-refractivity contribution in [3.05, 3.63) is 35.9 Å². The molecule has 0 aliphatic rings. The smallest absolute Gasteiger partial charge is 0.0589 e. The topological polar surface area (TPSA) is 35.2 Å². The summed E-state index contributed by atoms with van der Waals surface area (Å²) in [7, 11) is 0. The molecule has 1 rings (SSSR count). The number of nitrogens with two attached hydrogens (primary N) is 1. The summed E-state index contributed by atoms with van der Waals surface area (Å²) in [6.45, 7) is 4.29. The molecule has 0 aromatic heterocycles. The van der Waals surface area contributed by atoms with Gasteiger partial charge in [-0.05, 0) is 12.5 Å². The summed E-state index contributed by atoms with van der Waals surface area (Å²) in [5, 5.41) is 0.535. The summed E-state index contributed by atoms with van der Waals surface area (Å²) >= 11 is 1.91. The second kappa shape index (κ2) is 7.74. The van der Waals surface area contributed by atoms with Gasteiger partial charge in [-0.2, -0.15) is 11.8 Å². The highest BCUT2D eigenvalue weighted by Crippen LogP contribution is 2.27. The molecule has 2 N–H and O–H groups in total. The number of rotatable bonds is 7. The zero-order chi connectivity index (χ0) is 10.9. The van der Waals surface area contributed by atoms with Gasteiger partial charge in [0, 0.05) is 17.5 Å². The fourth-order valence-electron chi connectivity index (χ4n) is 1.29. The first-order chi connectivity index (χ1) is 7.34. The van der Waals surface area contributed by atoms with Gasteiger partial charge in [-0.25, -0.2) is 0 Å². The monoisotopic (exact) mass is 225 g/mol. The molecule has 1 aromatic carbocycles. The molecule has 1 aromatic rings. The molecule has 0 aliphatic heterocycles. The van der Waals surface area contributed by atoms with E-state index < -0.39 is 0 Å². The fraction of sp³-hybridized carbons (Fsp3) is 0.500. The minimum atomic E-state index is 0.535. The molecule has 0 aliphatic carbocycles. The quantitative estimate of drug-likeness (QED) is 0.724. The Bertz CT molecular complexity index is 253. The van der Waals surface area contributed by atoms with E-state index in [-0.39, 0.29) is 0 Å². The van der Waals surface area contributed by atoms with Crippen LogP contribution >= 0.6 is 11.8 Å². The standard InChI is InChI=1S/C12H19NOS/c1-11(12-5-3-2-4-6-12)15-10-9-14-8-7-13/h2-6,11H,7-10,13H2,1H3. The van der Waals surface area contributed by atoms with Gasteiger partial charge in [0.1, 0.15) is 0 Å². The van der Waals surface area contributed by atoms with E-state index >= 15 is 0 Å². The van der Waals surface area contributed by atoms with Gasteiger partial charge in [0.15, 0.2) is 0 Å². The van der Waals surface area contributed by atoms with E-state index in [4.69, 9.17) is 10.5 Å². The molecule has 0 radical (unpaired) electrons. The van der Waals surface area contributed by atoms with Gasteiger partial charge in [-0.3, -0.25) is 0 Å². The number of thioether (sulfide) groups is 1. The second-order valence-electron chi connectivity index (χ2n) is 3.32. The SMILES string of the molecule is CC(SCCOCCN)c1ccccc1. The lowest BCUT2D eigenvalue weighted by Gasteiger charge is -2.11. The Hall–Kier alpha value is -0.510. The van der Waals surface area contributed by atoms with E-state index in [1.165, 1.54) is 5.56 Å². The van der Waals surface area contributed by atoms with Crippen molar-refractivity contribution in [3.63, 3.8) is 0 Å². The van der Waals surface area contributed by atoms with Crippen LogP contribution in [0.25, 0.3) is 0 Å². The van der Waals surface area contributed by atoms with Crippen LogP contribution < -0.4 is 5.73 Å². The molecule has 0 saturated heterocycles. The van der Waals surface area contributed by atoms with Crippen LogP contribution in [-0.2, 0) is 4.74 Å². The molecule has 15 heavy (non-hydrogen) atoms. The summed E-state index contributed by atoms with van der Waals surface area (Å²) < 4.78 is 5.32. The molecule has 0 heterocycles. The number of ether oxygens (including phenoxy) is 1. The maximum atomic E-state index is 5.33. The summed E-state index contributed by atoms with van der Waals surface area (Å²) in [6.07, 6.45) is 0. The first-order valence-electron chi connectivity index (χ1n) is 5.29. The Kier molecular flexibility index (Phi) is 6.48. The summed E-state index contributed by atoms with van der Waals surface area (Å²) in [4.78, 5) is 0. The van der Waals surface area contributed by atoms with Crippen molar-refractivity contribution < 1.29 is 4.74 Å². The van der Waals surface area contributed by atoms with E-state index in [9.17, 15) is 0 Å². The van der Waals surface area contributed by atoms with Crippen LogP contribution in [0.4, 0.5) is 0 Å². The maximum Gasteiger partial charge on any atom is 0.0589 e. The molecular formula is C12H19NOS. The molecule has 0 bridgehead atoms. The summed E-state index contributed by atoms with van der Waals surface area (Å²) in [5.41, 5.74) is 6.71. The fourth-order valence-corrected chi connectivity index (χ4v) is 2.21. The van der Waals surface area contributed by atoms with Gasteiger partial charge >= 0.3 is 0 Å². The van der Waals surface area contributed by atoms with E-state index in [0.29, 0.717) is 18.4 Å². The molecule has 0 spiro atoms. The summed E-state index contributed by atoms with van der Waals surface area (Å²) in [6, 6.07) is 10.5. The number of benzene rings is 1. The molecule has 2 nitrogen and oxygen atoms in total. The third-order valence-electron chi connectivity index (χ3n) is 2.13. The van der Waals surface area contributed by atoms with Gasteiger partial charge in [0.2, 0.25) is 0 Å². The Balaban J connectivity index is 2.16. The molecule has 84 valence electrons. The molecule has 1 atom stereocenters. The van der Waals surface area contributed by atoms with Gasteiger partial charge < -0.3 is 10.5 Å². The third-order valence-corrected chi connectivity index (χ3v) is 3.30. The lowest BCUT2D eigenvalue weighted by atomic mass is 10.2. The Morgan fingerprint density at radius 2 is 2.00 bits per heavy atom. The maximum absolute atomic E-state index is 5.33. The predicted molar refractivity (Wildman–Crippen MR) is 67.2 cm³/mol. The normalized spacial score (nSPS) is 12.7. The van der Waals surface area contributed by atoms with E-state index in [1.54, 1.807) is 0 Å². The number of hydrogen-bond acceptors (Lipinski definition) is 3. The van der Waals surface area contributed by atoms with Crippen molar-refractivity contribution in [2.24, 2.45) is 5.73 Å². The zero-order valence-corrected chi connectivity index (χ0v) is 10.0. The van der Waals surface area contributed by atoms with Crippen molar-refractivity contribution in [1.29, 1.82) is 0 Å². The lowest BCUT2D eigenvalue weighted by Crippen LogP contribution is -2.10. The van der Waals surface area contributed by atoms with Gasteiger partial charge in [-0.1, -0.05) is 30.3 Å². The highest BCUT2D eigenvalue weighted by atomic mass is 32.2. The van der Waals surface area contributed by atoms with E-state index in [0.717, 1.165) is 12.4 Å². The highest BCUT2D eigenvalue weighted by Gasteiger charge is 2.04. The van der Waals surface area contributed by atoms with Crippen LogP contribution in [0.2, 0.25) is 0 Å². The van der Waals surface area contributed by atoms with Gasteiger partial charge in [-0.15, -0.1) is 0 Å². The summed E-state index contributed by atoms with van der Waals surface area (Å²) in [5.74, 6) is 1.02. The van der Waals surface area contributed by atoms with Crippen molar-refractivity contribution >= 4 is 11.8 Å². The highest BCUT2D eigenvalue weighted by molar-refractivity contribution is 7.99. The molecular weight excluding hydrogens is 206 g/mol. The Morgan fingerprint density at radius 1 is 1.27 bits per heavy atom. The van der Waals surface area contributed by atoms with Crippen LogP contribution in [0.5, 0.6) is 0 Å². The van der Waals surface area contributed by atoms with Crippen LogP contribution in [0.15, 0.2) is 30.3 Å². The van der Waals surface area contributed by atoms with Crippen LogP contribution in [0.3, 0.4) is 0 Å². The minimum absolute atomic E-state index is 0.535. The first-order valence-corrected chi connectivity index (χ1v) is 6.34. The van der Waals surface area contributed by atoms with Gasteiger partial charge in [0.05, 0.1) is 13.2 Å². The second-order valence-corrected chi connectivity index (χ2v) is 4.77. The minimum Gasteiger partial charge on any atom is -0.379 e. The molecule has 3 heteroatoms. The molecule has 0 amide bonds. The average Bonchev–Trinajstić information content (AvgIpc) is 2.30. The Morgan fingerprint density at radius 3 is 2.67 bits per heavy atom. The first kappa shape index (κ1) is 12.6. The third kappa shape index (κ3) is 5.21. The van der Waals surface area contributed by atoms with Crippen LogP contribution in [0, 0.1) is 0 Å². The van der Waals surface area contributed by atoms with Crippen molar-refractivity contribution in [2.45, 2.75) is 12.2 Å². The predicted octanol–water partition coefficient (Wildman–Crippen LogP) is 2.46. The Labute approximate surface area is 96.2 Å². The van der Waals surface area contributed by atoms with Gasteiger partial charge in [0.25, 0.3) is 0 Å². The number of hydrogen-bond donors (Lipinski definition) is 1. The average molecular weight is 225 g/mol. The van der Waals surface area contributed by atoms with Crippen LogP contribution in [-0.4, -0.2) is 25.5 Å². The molecule has 0 fully saturated rings. The van der Waals surface area contributed by atoms with E-state index in [2.05, 4.69) is 31.2 Å². The van der Waals surface area contributed by atoms with E-state index in [1.807, 2.05) is 17.8 Å².